The Bertz CT molecular complexity index is 613. The first kappa shape index (κ1) is 14.3. The minimum atomic E-state index is -0.618. The third-order valence-corrected chi connectivity index (χ3v) is 6.84. The van der Waals surface area contributed by atoms with Crippen LogP contribution in [0.2, 0.25) is 0 Å². The third kappa shape index (κ3) is 1.71. The van der Waals surface area contributed by atoms with Crippen LogP contribution in [0, 0.1) is 17.3 Å². The molecule has 4 N–H and O–H groups in total. The van der Waals surface area contributed by atoms with Gasteiger partial charge in [0.1, 0.15) is 0 Å². The summed E-state index contributed by atoms with van der Waals surface area (Å²) in [6, 6.07) is 3.54. The van der Waals surface area contributed by atoms with Crippen LogP contribution in [-0.4, -0.2) is 32.6 Å². The van der Waals surface area contributed by atoms with Crippen LogP contribution in [0.4, 0.5) is 0 Å². The van der Waals surface area contributed by atoms with Gasteiger partial charge in [0.2, 0.25) is 0 Å². The lowest BCUT2D eigenvalue weighted by Gasteiger charge is -2.49. The van der Waals surface area contributed by atoms with Gasteiger partial charge in [-0.15, -0.1) is 0 Å². The average molecular weight is 304 g/mol. The summed E-state index contributed by atoms with van der Waals surface area (Å²) in [5.41, 5.74) is 1.87. The number of hydrogen-bond donors (Lipinski definition) is 4. The van der Waals surface area contributed by atoms with Crippen LogP contribution in [0.15, 0.2) is 12.1 Å². The van der Waals surface area contributed by atoms with Crippen molar-refractivity contribution in [1.29, 1.82) is 0 Å². The van der Waals surface area contributed by atoms with Gasteiger partial charge in [-0.2, -0.15) is 0 Å². The summed E-state index contributed by atoms with van der Waals surface area (Å²) in [5, 5.41) is 40.4. The zero-order valence-electron chi connectivity index (χ0n) is 12.9. The Morgan fingerprint density at radius 1 is 1.14 bits per heavy atom. The molecule has 0 bridgehead atoms. The van der Waals surface area contributed by atoms with Crippen LogP contribution in [0.5, 0.6) is 11.5 Å². The van der Waals surface area contributed by atoms with E-state index in [0.29, 0.717) is 24.2 Å². The van der Waals surface area contributed by atoms with Gasteiger partial charge in [0.15, 0.2) is 11.5 Å². The fraction of sp³-hybridized carbons (Fsp3) is 0.667. The van der Waals surface area contributed by atoms with E-state index in [0.717, 1.165) is 36.8 Å². The number of hydrogen-bond acceptors (Lipinski definition) is 4. The predicted octanol–water partition coefficient (Wildman–Crippen LogP) is 2.29. The Labute approximate surface area is 130 Å². The molecule has 0 aliphatic heterocycles. The number of fused-ring (bicyclic) bond motifs is 5. The van der Waals surface area contributed by atoms with Crippen molar-refractivity contribution in [1.82, 2.24) is 0 Å². The van der Waals surface area contributed by atoms with E-state index < -0.39 is 12.2 Å². The maximum Gasteiger partial charge on any atom is 0.160 e. The molecule has 0 heterocycles. The van der Waals surface area contributed by atoms with Gasteiger partial charge in [-0.25, -0.2) is 0 Å². The molecule has 0 spiro atoms. The molecule has 2 saturated carbocycles. The number of benzene rings is 1. The van der Waals surface area contributed by atoms with Gasteiger partial charge in [0.05, 0.1) is 12.2 Å². The zero-order chi connectivity index (χ0) is 15.6. The molecule has 22 heavy (non-hydrogen) atoms. The topological polar surface area (TPSA) is 80.9 Å². The molecule has 1 aromatic carbocycles. The van der Waals surface area contributed by atoms with Crippen molar-refractivity contribution in [2.24, 2.45) is 17.3 Å². The van der Waals surface area contributed by atoms with Crippen molar-refractivity contribution >= 4 is 0 Å². The Morgan fingerprint density at radius 2 is 1.91 bits per heavy atom. The van der Waals surface area contributed by atoms with E-state index in [4.69, 9.17) is 0 Å². The number of phenols is 2. The first-order valence-corrected chi connectivity index (χ1v) is 8.33. The highest BCUT2D eigenvalue weighted by molar-refractivity contribution is 5.51. The number of aliphatic hydroxyl groups is 2. The molecule has 4 heteroatoms. The summed E-state index contributed by atoms with van der Waals surface area (Å²) in [5.74, 6) is 1.15. The number of phenolic OH excluding ortho intramolecular Hbond substituents is 2. The summed E-state index contributed by atoms with van der Waals surface area (Å²) in [6.45, 7) is 2.12. The predicted molar refractivity (Wildman–Crippen MR) is 81.8 cm³/mol. The first-order valence-electron chi connectivity index (χ1n) is 8.33. The summed E-state index contributed by atoms with van der Waals surface area (Å²) in [7, 11) is 0. The third-order valence-electron chi connectivity index (χ3n) is 6.84. The summed E-state index contributed by atoms with van der Waals surface area (Å²) >= 11 is 0. The molecule has 1 aromatic rings. The molecule has 0 aromatic heterocycles. The standard InChI is InChI=1S/C18H24O4/c1-18-7-6-10-9-4-5-14(19)16(21)12(9)3-2-11(10)13(18)8-15(20)17(18)22/h4-5,10-11,13,15,17,19-22H,2-3,6-8H2,1H3/t10-,11-,13+,15-,17+,18+/m1/s1. The van der Waals surface area contributed by atoms with E-state index in [2.05, 4.69) is 6.92 Å². The average Bonchev–Trinajstić information content (AvgIpc) is 2.74. The van der Waals surface area contributed by atoms with Gasteiger partial charge < -0.3 is 20.4 Å². The molecule has 4 rings (SSSR count). The first-order chi connectivity index (χ1) is 10.4. The second-order valence-electron chi connectivity index (χ2n) is 7.71. The lowest BCUT2D eigenvalue weighted by molar-refractivity contribution is -0.0506. The van der Waals surface area contributed by atoms with Crippen molar-refractivity contribution in [2.75, 3.05) is 0 Å². The molecule has 6 atom stereocenters. The van der Waals surface area contributed by atoms with Gasteiger partial charge in [-0.05, 0) is 66.9 Å². The van der Waals surface area contributed by atoms with Crippen LogP contribution in [0.25, 0.3) is 0 Å². The quantitative estimate of drug-likeness (QED) is 0.554. The van der Waals surface area contributed by atoms with E-state index in [-0.39, 0.29) is 16.9 Å². The molecule has 0 amide bonds. The largest absolute Gasteiger partial charge is 0.504 e. The Balaban J connectivity index is 1.73. The highest BCUT2D eigenvalue weighted by atomic mass is 16.3. The Hall–Kier alpha value is -1.26. The second kappa shape index (κ2) is 4.62. The summed E-state index contributed by atoms with van der Waals surface area (Å²) in [6.07, 6.45) is 3.04. The van der Waals surface area contributed by atoms with Crippen LogP contribution < -0.4 is 0 Å². The van der Waals surface area contributed by atoms with E-state index in [1.54, 1.807) is 6.07 Å². The smallest absolute Gasteiger partial charge is 0.160 e. The molecular formula is C18H24O4. The highest BCUT2D eigenvalue weighted by Gasteiger charge is 2.57. The molecule has 0 radical (unpaired) electrons. The maximum absolute atomic E-state index is 10.4. The fourth-order valence-corrected chi connectivity index (χ4v) is 5.62. The number of aromatic hydroxyl groups is 2. The molecule has 4 nitrogen and oxygen atoms in total. The summed E-state index contributed by atoms with van der Waals surface area (Å²) in [4.78, 5) is 0. The normalized spacial score (nSPS) is 43.3. The van der Waals surface area contributed by atoms with Gasteiger partial charge in [0.25, 0.3) is 0 Å². The lowest BCUT2D eigenvalue weighted by atomic mass is 9.55. The molecule has 3 aliphatic carbocycles. The van der Waals surface area contributed by atoms with E-state index >= 15 is 0 Å². The highest BCUT2D eigenvalue weighted by Crippen LogP contribution is 2.61. The molecule has 2 fully saturated rings. The fourth-order valence-electron chi connectivity index (χ4n) is 5.62. The minimum absolute atomic E-state index is 0.0374. The monoisotopic (exact) mass is 304 g/mol. The van der Waals surface area contributed by atoms with Crippen LogP contribution in [0.3, 0.4) is 0 Å². The van der Waals surface area contributed by atoms with Crippen molar-refractivity contribution in [3.05, 3.63) is 23.3 Å². The zero-order valence-corrected chi connectivity index (χ0v) is 12.9. The van der Waals surface area contributed by atoms with E-state index in [9.17, 15) is 20.4 Å². The van der Waals surface area contributed by atoms with Gasteiger partial charge in [-0.1, -0.05) is 13.0 Å². The van der Waals surface area contributed by atoms with Crippen molar-refractivity contribution < 1.29 is 20.4 Å². The molecule has 0 unspecified atom stereocenters. The number of rotatable bonds is 0. The molecule has 3 aliphatic rings. The van der Waals surface area contributed by atoms with Crippen LogP contribution >= 0.6 is 0 Å². The van der Waals surface area contributed by atoms with Crippen LogP contribution in [0.1, 0.15) is 49.7 Å². The van der Waals surface area contributed by atoms with Gasteiger partial charge in [0, 0.05) is 5.56 Å². The molecule has 0 saturated heterocycles. The van der Waals surface area contributed by atoms with Crippen molar-refractivity contribution in [3.63, 3.8) is 0 Å². The van der Waals surface area contributed by atoms with Crippen molar-refractivity contribution in [3.8, 4) is 11.5 Å². The molecule has 120 valence electrons. The summed E-state index contributed by atoms with van der Waals surface area (Å²) < 4.78 is 0. The second-order valence-corrected chi connectivity index (χ2v) is 7.71. The van der Waals surface area contributed by atoms with Gasteiger partial charge in [-0.3, -0.25) is 0 Å². The van der Waals surface area contributed by atoms with E-state index in [1.807, 2.05) is 6.07 Å². The SMILES string of the molecule is C[C@]12CC[C@@H]3c4ccc(O)c(O)c4CC[C@H]3[C@@H]1C[C@@H](O)[C@@H]2O. The molecular weight excluding hydrogens is 280 g/mol. The minimum Gasteiger partial charge on any atom is -0.504 e. The van der Waals surface area contributed by atoms with Crippen LogP contribution in [-0.2, 0) is 6.42 Å². The van der Waals surface area contributed by atoms with E-state index in [1.165, 1.54) is 0 Å². The Kier molecular flexibility index (Phi) is 3.01. The maximum atomic E-state index is 10.4. The van der Waals surface area contributed by atoms with Crippen molar-refractivity contribution in [2.45, 2.75) is 57.2 Å². The Morgan fingerprint density at radius 3 is 2.68 bits per heavy atom. The lowest BCUT2D eigenvalue weighted by Crippen LogP contribution is -2.44. The number of aliphatic hydroxyl groups excluding tert-OH is 2. The van der Waals surface area contributed by atoms with Gasteiger partial charge >= 0.3 is 0 Å².